The second kappa shape index (κ2) is 5.43. The smallest absolute Gasteiger partial charge is 0.223 e. The highest BCUT2D eigenvalue weighted by Gasteiger charge is 2.16. The number of para-hydroxylation sites is 1. The van der Waals surface area contributed by atoms with Gasteiger partial charge in [-0.25, -0.2) is 8.42 Å². The molecule has 0 saturated heterocycles. The van der Waals surface area contributed by atoms with Crippen LogP contribution in [-0.2, 0) is 9.84 Å². The maximum atomic E-state index is 11.7. The largest absolute Gasteiger partial charge is 0.368 e. The topological polar surface area (TPSA) is 98.0 Å². The molecule has 0 bridgehead atoms. The first-order chi connectivity index (χ1) is 9.29. The number of nitrogens with one attached hydrogen (secondary N) is 1. The zero-order valence-electron chi connectivity index (χ0n) is 10.3. The van der Waals surface area contributed by atoms with Gasteiger partial charge in [-0.3, -0.25) is 0 Å². The van der Waals surface area contributed by atoms with Gasteiger partial charge in [-0.05, 0) is 12.1 Å². The van der Waals surface area contributed by atoms with Crippen molar-refractivity contribution in [1.29, 1.82) is 0 Å². The zero-order valence-corrected chi connectivity index (χ0v) is 12.6. The van der Waals surface area contributed by atoms with Crippen molar-refractivity contribution in [1.82, 2.24) is 9.97 Å². The molecule has 0 spiro atoms. The number of hydrogen-bond donors (Lipinski definition) is 2. The highest BCUT2D eigenvalue weighted by Crippen LogP contribution is 2.31. The Hall–Kier alpha value is -1.57. The lowest BCUT2D eigenvalue weighted by atomic mass is 10.3. The van der Waals surface area contributed by atoms with E-state index in [0.29, 0.717) is 5.69 Å². The number of sulfone groups is 1. The molecule has 2 aromatic rings. The van der Waals surface area contributed by atoms with Crippen LogP contribution < -0.4 is 11.1 Å². The van der Waals surface area contributed by atoms with Gasteiger partial charge in [0.2, 0.25) is 5.95 Å². The Morgan fingerprint density at radius 3 is 2.50 bits per heavy atom. The van der Waals surface area contributed by atoms with Crippen LogP contribution in [0.2, 0.25) is 10.2 Å². The summed E-state index contributed by atoms with van der Waals surface area (Å²) in [6.07, 6.45) is 1.11. The normalized spacial score (nSPS) is 11.3. The van der Waals surface area contributed by atoms with Gasteiger partial charge in [0.05, 0.1) is 10.6 Å². The lowest BCUT2D eigenvalue weighted by molar-refractivity contribution is 0.602. The molecular formula is C11H10Cl2N4O2S. The average molecular weight is 333 g/mol. The molecule has 0 unspecified atom stereocenters. The summed E-state index contributed by atoms with van der Waals surface area (Å²) in [5.41, 5.74) is 5.81. The molecule has 9 heteroatoms. The number of anilines is 3. The molecule has 0 fully saturated rings. The molecule has 1 aromatic carbocycles. The molecule has 0 aliphatic rings. The lowest BCUT2D eigenvalue weighted by Gasteiger charge is -2.11. The van der Waals surface area contributed by atoms with Crippen LogP contribution in [0.1, 0.15) is 0 Å². The van der Waals surface area contributed by atoms with Crippen molar-refractivity contribution in [2.45, 2.75) is 4.90 Å². The number of nitrogens with two attached hydrogens (primary N) is 1. The number of aromatic nitrogens is 2. The zero-order chi connectivity index (χ0) is 14.9. The Morgan fingerprint density at radius 1 is 1.20 bits per heavy atom. The predicted octanol–water partition coefficient (Wildman–Crippen LogP) is 2.51. The number of halogens is 2. The van der Waals surface area contributed by atoms with Crippen molar-refractivity contribution in [2.75, 3.05) is 17.3 Å². The summed E-state index contributed by atoms with van der Waals surface area (Å²) in [4.78, 5) is 7.70. The van der Waals surface area contributed by atoms with E-state index < -0.39 is 9.84 Å². The number of nitrogens with zero attached hydrogens (tertiary/aromatic N) is 2. The first kappa shape index (κ1) is 14.8. The quantitative estimate of drug-likeness (QED) is 0.838. The summed E-state index contributed by atoms with van der Waals surface area (Å²) < 4.78 is 23.4. The molecule has 106 valence electrons. The third-order valence-corrected chi connectivity index (χ3v) is 4.25. The molecule has 2 rings (SSSR count). The van der Waals surface area contributed by atoms with Crippen LogP contribution >= 0.6 is 23.2 Å². The Morgan fingerprint density at radius 2 is 1.85 bits per heavy atom. The van der Waals surface area contributed by atoms with Crippen molar-refractivity contribution in [3.8, 4) is 0 Å². The van der Waals surface area contributed by atoms with Gasteiger partial charge >= 0.3 is 0 Å². The lowest BCUT2D eigenvalue weighted by Crippen LogP contribution is -2.05. The van der Waals surface area contributed by atoms with Crippen LogP contribution in [0, 0.1) is 0 Å². The summed E-state index contributed by atoms with van der Waals surface area (Å²) >= 11 is 11.8. The first-order valence-electron chi connectivity index (χ1n) is 5.33. The van der Waals surface area contributed by atoms with E-state index in [9.17, 15) is 8.42 Å². The van der Waals surface area contributed by atoms with E-state index in [1.165, 1.54) is 6.07 Å². The molecule has 0 amide bonds. The van der Waals surface area contributed by atoms with Gasteiger partial charge in [0.25, 0.3) is 0 Å². The monoisotopic (exact) mass is 332 g/mol. The van der Waals surface area contributed by atoms with Crippen LogP contribution in [0.15, 0.2) is 29.2 Å². The maximum Gasteiger partial charge on any atom is 0.223 e. The van der Waals surface area contributed by atoms with Crippen LogP contribution in [-0.4, -0.2) is 24.6 Å². The minimum atomic E-state index is -3.40. The summed E-state index contributed by atoms with van der Waals surface area (Å²) in [5, 5.41) is 2.85. The molecule has 20 heavy (non-hydrogen) atoms. The van der Waals surface area contributed by atoms with Gasteiger partial charge in [-0.2, -0.15) is 9.97 Å². The van der Waals surface area contributed by atoms with Crippen molar-refractivity contribution in [3.63, 3.8) is 0 Å². The van der Waals surface area contributed by atoms with E-state index in [-0.39, 0.29) is 26.8 Å². The van der Waals surface area contributed by atoms with Crippen LogP contribution in [0.4, 0.5) is 17.5 Å². The highest BCUT2D eigenvalue weighted by molar-refractivity contribution is 7.90. The standard InChI is InChI=1S/C11H10Cl2N4O2S/c1-20(18,19)7-5-3-2-4-6(7)15-10-8(12)9(13)16-11(14)17-10/h2-5H,1H3,(H3,14,15,16,17). The Labute approximate surface area is 125 Å². The Bertz CT molecular complexity index is 765. The van der Waals surface area contributed by atoms with Crippen molar-refractivity contribution < 1.29 is 8.42 Å². The Kier molecular flexibility index (Phi) is 4.03. The van der Waals surface area contributed by atoms with Gasteiger partial charge in [0.15, 0.2) is 20.8 Å². The van der Waals surface area contributed by atoms with Gasteiger partial charge in [0.1, 0.15) is 5.02 Å². The van der Waals surface area contributed by atoms with Crippen molar-refractivity contribution >= 4 is 50.5 Å². The van der Waals surface area contributed by atoms with E-state index in [2.05, 4.69) is 15.3 Å². The first-order valence-corrected chi connectivity index (χ1v) is 7.98. The minimum Gasteiger partial charge on any atom is -0.368 e. The molecule has 6 nitrogen and oxygen atoms in total. The third-order valence-electron chi connectivity index (χ3n) is 2.37. The van der Waals surface area contributed by atoms with E-state index in [0.717, 1.165) is 6.26 Å². The molecule has 0 saturated carbocycles. The van der Waals surface area contributed by atoms with Gasteiger partial charge in [-0.1, -0.05) is 35.3 Å². The molecule has 0 aliphatic heterocycles. The molecular weight excluding hydrogens is 323 g/mol. The fourth-order valence-electron chi connectivity index (χ4n) is 1.54. The second-order valence-electron chi connectivity index (χ2n) is 3.93. The van der Waals surface area contributed by atoms with E-state index in [1.54, 1.807) is 18.2 Å². The third kappa shape index (κ3) is 3.12. The highest BCUT2D eigenvalue weighted by atomic mass is 35.5. The van der Waals surface area contributed by atoms with Gasteiger partial charge in [-0.15, -0.1) is 0 Å². The maximum absolute atomic E-state index is 11.7. The molecule has 0 aliphatic carbocycles. The molecule has 1 aromatic heterocycles. The SMILES string of the molecule is CS(=O)(=O)c1ccccc1Nc1nc(N)nc(Cl)c1Cl. The minimum absolute atomic E-state index is 0.0153. The summed E-state index contributed by atoms with van der Waals surface area (Å²) in [6, 6.07) is 6.35. The van der Waals surface area contributed by atoms with Crippen LogP contribution in [0.3, 0.4) is 0 Å². The molecule has 3 N–H and O–H groups in total. The fraction of sp³-hybridized carbons (Fsp3) is 0.0909. The Balaban J connectivity index is 2.52. The van der Waals surface area contributed by atoms with Crippen molar-refractivity contribution in [2.24, 2.45) is 0 Å². The van der Waals surface area contributed by atoms with Crippen LogP contribution in [0.25, 0.3) is 0 Å². The molecule has 0 atom stereocenters. The van der Waals surface area contributed by atoms with Gasteiger partial charge < -0.3 is 11.1 Å². The van der Waals surface area contributed by atoms with Crippen molar-refractivity contribution in [3.05, 3.63) is 34.4 Å². The molecule has 0 radical (unpaired) electrons. The van der Waals surface area contributed by atoms with Gasteiger partial charge in [0, 0.05) is 6.26 Å². The summed E-state index contributed by atoms with van der Waals surface area (Å²) in [6.45, 7) is 0. The average Bonchev–Trinajstić information content (AvgIpc) is 2.34. The number of nitrogen functional groups attached to an aromatic ring is 1. The van der Waals surface area contributed by atoms with E-state index >= 15 is 0 Å². The molecule has 1 heterocycles. The number of hydrogen-bond acceptors (Lipinski definition) is 6. The predicted molar refractivity (Wildman–Crippen MR) is 79.3 cm³/mol. The van der Waals surface area contributed by atoms with Crippen LogP contribution in [0.5, 0.6) is 0 Å². The fourth-order valence-corrected chi connectivity index (χ4v) is 2.69. The summed E-state index contributed by atoms with van der Waals surface area (Å²) in [5.74, 6) is 0.0685. The second-order valence-corrected chi connectivity index (χ2v) is 6.65. The van der Waals surface area contributed by atoms with E-state index in [1.807, 2.05) is 0 Å². The van der Waals surface area contributed by atoms with E-state index in [4.69, 9.17) is 28.9 Å². The summed E-state index contributed by atoms with van der Waals surface area (Å²) in [7, 11) is -3.40. The number of benzene rings is 1. The number of rotatable bonds is 3.